The summed E-state index contributed by atoms with van der Waals surface area (Å²) in [5.74, 6) is 0.460. The molecule has 2 rings (SSSR count). The maximum absolute atomic E-state index is 10.1. The molecule has 25 heavy (non-hydrogen) atoms. The molecule has 0 aromatic heterocycles. The minimum atomic E-state index is 0.00952. The summed E-state index contributed by atoms with van der Waals surface area (Å²) >= 11 is 0. The maximum Gasteiger partial charge on any atom is 0.124 e. The van der Waals surface area contributed by atoms with E-state index in [0.29, 0.717) is 12.1 Å². The van der Waals surface area contributed by atoms with Crippen molar-refractivity contribution in [3.63, 3.8) is 0 Å². The standard InChI is InChI=1S/C22H29NO2/c1-21(2,3)17-7-9-19(24)15(11-17)13-23-14-16-12-18(22(4,5)6)8-10-20(16)25/h7-13,24-25H,14H2,1-6H3. The van der Waals surface area contributed by atoms with E-state index in [9.17, 15) is 10.2 Å². The molecule has 0 saturated carbocycles. The highest BCUT2D eigenvalue weighted by atomic mass is 16.3. The molecular weight excluding hydrogens is 310 g/mol. The fourth-order valence-corrected chi connectivity index (χ4v) is 2.55. The van der Waals surface area contributed by atoms with Gasteiger partial charge in [-0.2, -0.15) is 0 Å². The fourth-order valence-electron chi connectivity index (χ4n) is 2.55. The molecule has 0 aliphatic rings. The first-order chi connectivity index (χ1) is 11.5. The van der Waals surface area contributed by atoms with Crippen molar-refractivity contribution in [1.82, 2.24) is 0 Å². The van der Waals surface area contributed by atoms with Gasteiger partial charge in [0.05, 0.1) is 6.54 Å². The van der Waals surface area contributed by atoms with Gasteiger partial charge in [0.15, 0.2) is 0 Å². The van der Waals surface area contributed by atoms with Gasteiger partial charge in [0.25, 0.3) is 0 Å². The molecule has 3 nitrogen and oxygen atoms in total. The monoisotopic (exact) mass is 339 g/mol. The lowest BCUT2D eigenvalue weighted by molar-refractivity contribution is 0.467. The van der Waals surface area contributed by atoms with E-state index in [4.69, 9.17) is 0 Å². The van der Waals surface area contributed by atoms with Crippen LogP contribution in [0.3, 0.4) is 0 Å². The molecule has 0 aliphatic heterocycles. The summed E-state index contributed by atoms with van der Waals surface area (Å²) in [5.41, 5.74) is 3.81. The molecule has 0 spiro atoms. The van der Waals surface area contributed by atoms with Crippen LogP contribution in [0.2, 0.25) is 0 Å². The molecule has 3 heteroatoms. The molecule has 0 fully saturated rings. The zero-order chi connectivity index (χ0) is 18.8. The summed E-state index contributed by atoms with van der Waals surface area (Å²) in [5, 5.41) is 20.1. The van der Waals surface area contributed by atoms with Gasteiger partial charge in [-0.15, -0.1) is 0 Å². The fraction of sp³-hybridized carbons (Fsp3) is 0.409. The Morgan fingerprint density at radius 3 is 1.88 bits per heavy atom. The van der Waals surface area contributed by atoms with Gasteiger partial charge in [0.2, 0.25) is 0 Å². The van der Waals surface area contributed by atoms with E-state index in [2.05, 4.69) is 46.5 Å². The lowest BCUT2D eigenvalue weighted by Crippen LogP contribution is -2.11. The van der Waals surface area contributed by atoms with E-state index < -0.39 is 0 Å². The van der Waals surface area contributed by atoms with E-state index in [1.54, 1.807) is 18.3 Å². The third-order valence-electron chi connectivity index (χ3n) is 4.33. The minimum absolute atomic E-state index is 0.00952. The van der Waals surface area contributed by atoms with E-state index >= 15 is 0 Å². The molecule has 0 amide bonds. The van der Waals surface area contributed by atoms with Gasteiger partial charge in [0.1, 0.15) is 11.5 Å². The number of benzene rings is 2. The van der Waals surface area contributed by atoms with E-state index in [1.807, 2.05) is 24.3 Å². The van der Waals surface area contributed by atoms with Crippen LogP contribution in [0.4, 0.5) is 0 Å². The second-order valence-electron chi connectivity index (χ2n) is 8.59. The Balaban J connectivity index is 2.25. The highest BCUT2D eigenvalue weighted by Crippen LogP contribution is 2.29. The van der Waals surface area contributed by atoms with Crippen LogP contribution in [-0.2, 0) is 17.4 Å². The van der Waals surface area contributed by atoms with Crippen molar-refractivity contribution in [3.05, 3.63) is 58.7 Å². The molecular formula is C22H29NO2. The molecule has 134 valence electrons. The summed E-state index contributed by atoms with van der Waals surface area (Å²) in [6.45, 7) is 13.2. The van der Waals surface area contributed by atoms with Crippen molar-refractivity contribution in [2.24, 2.45) is 4.99 Å². The maximum atomic E-state index is 10.1. The second kappa shape index (κ2) is 6.91. The average Bonchev–Trinajstić information content (AvgIpc) is 2.48. The number of phenolic OH excluding ortho intramolecular Hbond substituents is 2. The molecule has 0 atom stereocenters. The Labute approximate surface area is 151 Å². The Kier molecular flexibility index (Phi) is 5.26. The Morgan fingerprint density at radius 2 is 1.32 bits per heavy atom. The second-order valence-corrected chi connectivity index (χ2v) is 8.59. The summed E-state index contributed by atoms with van der Waals surface area (Å²) in [6.07, 6.45) is 1.67. The lowest BCUT2D eigenvalue weighted by Gasteiger charge is -2.20. The molecule has 0 aliphatic carbocycles. The van der Waals surface area contributed by atoms with Crippen LogP contribution >= 0.6 is 0 Å². The van der Waals surface area contributed by atoms with Crippen LogP contribution in [0, 0.1) is 0 Å². The number of hydrogen-bond acceptors (Lipinski definition) is 3. The number of rotatable bonds is 3. The first-order valence-corrected chi connectivity index (χ1v) is 8.64. The molecule has 0 radical (unpaired) electrons. The van der Waals surface area contributed by atoms with E-state index in [0.717, 1.165) is 16.7 Å². The molecule has 2 aromatic carbocycles. The van der Waals surface area contributed by atoms with Gasteiger partial charge < -0.3 is 10.2 Å². The lowest BCUT2D eigenvalue weighted by atomic mass is 9.86. The molecule has 0 saturated heterocycles. The van der Waals surface area contributed by atoms with E-state index in [-0.39, 0.29) is 22.3 Å². The third-order valence-corrected chi connectivity index (χ3v) is 4.33. The van der Waals surface area contributed by atoms with Crippen molar-refractivity contribution >= 4 is 6.21 Å². The van der Waals surface area contributed by atoms with Crippen LogP contribution in [-0.4, -0.2) is 16.4 Å². The van der Waals surface area contributed by atoms with Gasteiger partial charge >= 0.3 is 0 Å². The molecule has 2 N–H and O–H groups in total. The third kappa shape index (κ3) is 4.85. The van der Waals surface area contributed by atoms with Crippen molar-refractivity contribution in [2.45, 2.75) is 58.9 Å². The van der Waals surface area contributed by atoms with Crippen LogP contribution < -0.4 is 0 Å². The summed E-state index contributed by atoms with van der Waals surface area (Å²) in [7, 11) is 0. The minimum Gasteiger partial charge on any atom is -0.508 e. The predicted octanol–water partition coefficient (Wildman–Crippen LogP) is 5.31. The Bertz CT molecular complexity index is 778. The average molecular weight is 339 g/mol. The van der Waals surface area contributed by atoms with Crippen LogP contribution in [0.25, 0.3) is 0 Å². The highest BCUT2D eigenvalue weighted by molar-refractivity contribution is 5.83. The number of nitrogens with zero attached hydrogens (tertiary/aromatic N) is 1. The molecule has 0 heterocycles. The topological polar surface area (TPSA) is 52.8 Å². The van der Waals surface area contributed by atoms with Crippen molar-refractivity contribution in [3.8, 4) is 11.5 Å². The highest BCUT2D eigenvalue weighted by Gasteiger charge is 2.16. The van der Waals surface area contributed by atoms with Gasteiger partial charge in [-0.05, 0) is 46.2 Å². The summed E-state index contributed by atoms with van der Waals surface area (Å²) in [4.78, 5) is 4.43. The van der Waals surface area contributed by atoms with Crippen molar-refractivity contribution in [2.75, 3.05) is 0 Å². The normalized spacial score (nSPS) is 12.7. The molecule has 0 bridgehead atoms. The number of aromatic hydroxyl groups is 2. The number of phenols is 2. The predicted molar refractivity (Wildman–Crippen MR) is 105 cm³/mol. The van der Waals surface area contributed by atoms with Crippen LogP contribution in [0.1, 0.15) is 63.8 Å². The van der Waals surface area contributed by atoms with Gasteiger partial charge in [-0.1, -0.05) is 53.7 Å². The largest absolute Gasteiger partial charge is 0.508 e. The van der Waals surface area contributed by atoms with Gasteiger partial charge in [-0.3, -0.25) is 4.99 Å². The molecule has 0 unspecified atom stereocenters. The zero-order valence-corrected chi connectivity index (χ0v) is 16.1. The first kappa shape index (κ1) is 19.0. The molecule has 2 aromatic rings. The van der Waals surface area contributed by atoms with Crippen LogP contribution in [0.15, 0.2) is 41.4 Å². The van der Waals surface area contributed by atoms with Gasteiger partial charge in [-0.25, -0.2) is 0 Å². The zero-order valence-electron chi connectivity index (χ0n) is 16.1. The van der Waals surface area contributed by atoms with Crippen LogP contribution in [0.5, 0.6) is 11.5 Å². The Morgan fingerprint density at radius 1 is 0.800 bits per heavy atom. The SMILES string of the molecule is CC(C)(C)c1ccc(O)c(C=NCc2cc(C(C)(C)C)ccc2O)c1. The van der Waals surface area contributed by atoms with E-state index in [1.165, 1.54) is 0 Å². The summed E-state index contributed by atoms with van der Waals surface area (Å²) < 4.78 is 0. The van der Waals surface area contributed by atoms with Gasteiger partial charge in [0, 0.05) is 17.3 Å². The number of aliphatic imine (C=N–C) groups is 1. The Hall–Kier alpha value is -2.29. The smallest absolute Gasteiger partial charge is 0.124 e. The van der Waals surface area contributed by atoms with Crippen molar-refractivity contribution in [1.29, 1.82) is 0 Å². The number of hydrogen-bond donors (Lipinski definition) is 2. The quantitative estimate of drug-likeness (QED) is 0.744. The first-order valence-electron chi connectivity index (χ1n) is 8.64. The summed E-state index contributed by atoms with van der Waals surface area (Å²) in [6, 6.07) is 11.3. The van der Waals surface area contributed by atoms with Crippen molar-refractivity contribution < 1.29 is 10.2 Å².